The third-order valence-corrected chi connectivity index (χ3v) is 3.13. The Balaban J connectivity index is 2.00. The van der Waals surface area contributed by atoms with Gasteiger partial charge in [-0.2, -0.15) is 0 Å². The summed E-state index contributed by atoms with van der Waals surface area (Å²) in [6.45, 7) is 5.61. The van der Waals surface area contributed by atoms with Crippen molar-refractivity contribution >= 4 is 0 Å². The van der Waals surface area contributed by atoms with Gasteiger partial charge in [0, 0.05) is 13.1 Å². The Hall–Kier alpha value is -1.58. The molecule has 2 aromatic rings. The van der Waals surface area contributed by atoms with Gasteiger partial charge in [-0.3, -0.25) is 4.90 Å². The second-order valence-corrected chi connectivity index (χ2v) is 4.92. The van der Waals surface area contributed by atoms with Crippen LogP contribution in [0.2, 0.25) is 0 Å². The molecule has 1 heterocycles. The molecular weight excluding hydrogens is 236 g/mol. The predicted octanol–water partition coefficient (Wildman–Crippen LogP) is 2.94. The van der Waals surface area contributed by atoms with Crippen LogP contribution >= 0.6 is 0 Å². The fourth-order valence-electron chi connectivity index (χ4n) is 2.22. The van der Waals surface area contributed by atoms with Crippen molar-refractivity contribution in [3.63, 3.8) is 0 Å². The lowest BCUT2D eigenvalue weighted by molar-refractivity contribution is 0.234. The molecule has 2 N–H and O–H groups in total. The molecule has 3 heteroatoms. The molecule has 1 aromatic heterocycles. The second-order valence-electron chi connectivity index (χ2n) is 4.92. The number of furan rings is 1. The van der Waals surface area contributed by atoms with Crippen molar-refractivity contribution in [3.8, 4) is 0 Å². The van der Waals surface area contributed by atoms with Crippen molar-refractivity contribution in [3.05, 3.63) is 59.5 Å². The quantitative estimate of drug-likeness (QED) is 0.830. The molecule has 0 saturated heterocycles. The summed E-state index contributed by atoms with van der Waals surface area (Å²) in [5, 5.41) is 0. The van der Waals surface area contributed by atoms with Crippen molar-refractivity contribution in [2.24, 2.45) is 5.73 Å². The number of hydrogen-bond acceptors (Lipinski definition) is 3. The fourth-order valence-corrected chi connectivity index (χ4v) is 2.22. The van der Waals surface area contributed by atoms with Gasteiger partial charge in [-0.25, -0.2) is 0 Å². The second kappa shape index (κ2) is 7.12. The van der Waals surface area contributed by atoms with Gasteiger partial charge in [0.2, 0.25) is 0 Å². The van der Waals surface area contributed by atoms with Crippen molar-refractivity contribution in [1.29, 1.82) is 0 Å². The molecule has 0 unspecified atom stereocenters. The third-order valence-electron chi connectivity index (χ3n) is 3.13. The highest BCUT2D eigenvalue weighted by molar-refractivity contribution is 5.22. The van der Waals surface area contributed by atoms with E-state index < -0.39 is 0 Å². The van der Waals surface area contributed by atoms with E-state index in [9.17, 15) is 0 Å². The van der Waals surface area contributed by atoms with Gasteiger partial charge in [0.05, 0.1) is 12.8 Å². The van der Waals surface area contributed by atoms with Crippen LogP contribution in [0.1, 0.15) is 23.3 Å². The van der Waals surface area contributed by atoms with E-state index in [4.69, 9.17) is 10.2 Å². The summed E-state index contributed by atoms with van der Waals surface area (Å²) in [5.74, 6) is 1.00. The average Bonchev–Trinajstić information content (AvgIpc) is 2.89. The van der Waals surface area contributed by atoms with Crippen molar-refractivity contribution in [2.45, 2.75) is 26.4 Å². The predicted molar refractivity (Wildman–Crippen MR) is 77.7 cm³/mol. The zero-order valence-corrected chi connectivity index (χ0v) is 11.5. The number of rotatable bonds is 7. The summed E-state index contributed by atoms with van der Waals surface area (Å²) in [6.07, 6.45) is 2.73. The molecule has 0 amide bonds. The van der Waals surface area contributed by atoms with Gasteiger partial charge in [-0.15, -0.1) is 0 Å². The number of nitrogens with zero attached hydrogens (tertiary/aromatic N) is 1. The van der Waals surface area contributed by atoms with E-state index >= 15 is 0 Å². The van der Waals surface area contributed by atoms with Crippen molar-refractivity contribution in [2.75, 3.05) is 13.1 Å². The smallest absolute Gasteiger partial charge is 0.117 e. The standard InChI is InChI=1S/C16H22N2O/c1-14-5-2-6-15(11-14)12-18(9-4-8-17)13-16-7-3-10-19-16/h2-3,5-7,10-11H,4,8-9,12-13,17H2,1H3. The van der Waals surface area contributed by atoms with Crippen LogP contribution in [0.25, 0.3) is 0 Å². The largest absolute Gasteiger partial charge is 0.468 e. The molecule has 0 saturated carbocycles. The summed E-state index contributed by atoms with van der Waals surface area (Å²) < 4.78 is 5.43. The Labute approximate surface area is 115 Å². The van der Waals surface area contributed by atoms with E-state index in [0.29, 0.717) is 0 Å². The Kier molecular flexibility index (Phi) is 5.19. The molecular formula is C16H22N2O. The first-order valence-electron chi connectivity index (χ1n) is 6.78. The first-order chi connectivity index (χ1) is 9.28. The minimum atomic E-state index is 0.725. The zero-order chi connectivity index (χ0) is 13.5. The van der Waals surface area contributed by atoms with Gasteiger partial charge >= 0.3 is 0 Å². The normalized spacial score (nSPS) is 11.1. The molecule has 0 spiro atoms. The van der Waals surface area contributed by atoms with E-state index in [1.807, 2.05) is 12.1 Å². The first-order valence-corrected chi connectivity index (χ1v) is 6.78. The third kappa shape index (κ3) is 4.54. The van der Waals surface area contributed by atoms with E-state index in [1.54, 1.807) is 6.26 Å². The van der Waals surface area contributed by atoms with Crippen LogP contribution in [0, 0.1) is 6.92 Å². The maximum absolute atomic E-state index is 5.62. The lowest BCUT2D eigenvalue weighted by Crippen LogP contribution is -2.25. The molecule has 2 rings (SSSR count). The van der Waals surface area contributed by atoms with Crippen LogP contribution in [0.4, 0.5) is 0 Å². The Bertz CT molecular complexity index is 479. The lowest BCUT2D eigenvalue weighted by Gasteiger charge is -2.21. The summed E-state index contributed by atoms with van der Waals surface area (Å²) in [5.41, 5.74) is 8.25. The summed E-state index contributed by atoms with van der Waals surface area (Å²) in [4.78, 5) is 2.38. The zero-order valence-electron chi connectivity index (χ0n) is 11.5. The number of hydrogen-bond donors (Lipinski definition) is 1. The molecule has 0 aliphatic carbocycles. The number of nitrogens with two attached hydrogens (primary N) is 1. The number of aryl methyl sites for hydroxylation is 1. The van der Waals surface area contributed by atoms with Gasteiger partial charge in [0.25, 0.3) is 0 Å². The van der Waals surface area contributed by atoms with Crippen LogP contribution < -0.4 is 5.73 Å². The molecule has 0 atom stereocenters. The Morgan fingerprint density at radius 3 is 2.74 bits per heavy atom. The van der Waals surface area contributed by atoms with Crippen LogP contribution in [0.5, 0.6) is 0 Å². The van der Waals surface area contributed by atoms with E-state index in [2.05, 4.69) is 36.1 Å². The minimum absolute atomic E-state index is 0.725. The summed E-state index contributed by atoms with van der Waals surface area (Å²) in [6, 6.07) is 12.6. The van der Waals surface area contributed by atoms with Crippen LogP contribution in [-0.4, -0.2) is 18.0 Å². The molecule has 19 heavy (non-hydrogen) atoms. The Morgan fingerprint density at radius 1 is 1.16 bits per heavy atom. The maximum atomic E-state index is 5.62. The highest BCUT2D eigenvalue weighted by Crippen LogP contribution is 2.12. The van der Waals surface area contributed by atoms with Crippen LogP contribution in [0.3, 0.4) is 0 Å². The van der Waals surface area contributed by atoms with Gasteiger partial charge in [0.1, 0.15) is 5.76 Å². The average molecular weight is 258 g/mol. The van der Waals surface area contributed by atoms with Gasteiger partial charge < -0.3 is 10.2 Å². The lowest BCUT2D eigenvalue weighted by atomic mass is 10.1. The minimum Gasteiger partial charge on any atom is -0.468 e. The highest BCUT2D eigenvalue weighted by atomic mass is 16.3. The number of benzene rings is 1. The van der Waals surface area contributed by atoms with Gasteiger partial charge in [-0.1, -0.05) is 29.8 Å². The molecule has 0 aliphatic rings. The summed E-state index contributed by atoms with van der Waals surface area (Å²) >= 11 is 0. The van der Waals surface area contributed by atoms with Gasteiger partial charge in [-0.05, 0) is 37.6 Å². The maximum Gasteiger partial charge on any atom is 0.117 e. The van der Waals surface area contributed by atoms with Crippen LogP contribution in [0.15, 0.2) is 47.1 Å². The van der Waals surface area contributed by atoms with E-state index in [1.165, 1.54) is 11.1 Å². The molecule has 0 radical (unpaired) electrons. The summed E-state index contributed by atoms with van der Waals surface area (Å²) in [7, 11) is 0. The van der Waals surface area contributed by atoms with Crippen molar-refractivity contribution in [1.82, 2.24) is 4.90 Å². The van der Waals surface area contributed by atoms with Crippen LogP contribution in [-0.2, 0) is 13.1 Å². The fraction of sp³-hybridized carbons (Fsp3) is 0.375. The molecule has 1 aromatic carbocycles. The monoisotopic (exact) mass is 258 g/mol. The highest BCUT2D eigenvalue weighted by Gasteiger charge is 2.08. The van der Waals surface area contributed by atoms with E-state index in [-0.39, 0.29) is 0 Å². The van der Waals surface area contributed by atoms with E-state index in [0.717, 1.165) is 38.4 Å². The molecule has 0 aliphatic heterocycles. The first kappa shape index (κ1) is 13.8. The molecule has 3 nitrogen and oxygen atoms in total. The molecule has 0 fully saturated rings. The van der Waals surface area contributed by atoms with Gasteiger partial charge in [0.15, 0.2) is 0 Å². The Morgan fingerprint density at radius 2 is 2.05 bits per heavy atom. The van der Waals surface area contributed by atoms with Crippen molar-refractivity contribution < 1.29 is 4.42 Å². The molecule has 0 bridgehead atoms. The molecule has 102 valence electrons. The SMILES string of the molecule is Cc1cccc(CN(CCCN)Cc2ccco2)c1. The topological polar surface area (TPSA) is 42.4 Å².